The van der Waals surface area contributed by atoms with Gasteiger partial charge in [0, 0.05) is 49.6 Å². The zero-order valence-corrected chi connectivity index (χ0v) is 19.1. The Hall–Kier alpha value is -2.87. The van der Waals surface area contributed by atoms with Crippen LogP contribution in [0.3, 0.4) is 0 Å². The first-order valence-electron chi connectivity index (χ1n) is 10.6. The van der Waals surface area contributed by atoms with E-state index in [9.17, 15) is 9.59 Å². The molecule has 1 aliphatic rings. The molecule has 1 fully saturated rings. The fourth-order valence-electron chi connectivity index (χ4n) is 4.02. The molecule has 0 spiro atoms. The van der Waals surface area contributed by atoms with Gasteiger partial charge in [0.2, 0.25) is 5.91 Å². The van der Waals surface area contributed by atoms with Crippen molar-refractivity contribution in [1.82, 2.24) is 14.9 Å². The minimum atomic E-state index is -0.112. The number of hydrogen-bond acceptors (Lipinski definition) is 6. The highest BCUT2D eigenvalue weighted by molar-refractivity contribution is 7.18. The molecule has 164 valence electrons. The van der Waals surface area contributed by atoms with Crippen molar-refractivity contribution in [2.75, 3.05) is 38.2 Å². The highest BCUT2D eigenvalue weighted by atomic mass is 32.1. The lowest BCUT2D eigenvalue weighted by molar-refractivity contribution is -0.130. The second-order valence-electron chi connectivity index (χ2n) is 7.90. The molecule has 1 saturated heterocycles. The summed E-state index contributed by atoms with van der Waals surface area (Å²) in [5, 5.41) is 0.670. The van der Waals surface area contributed by atoms with Gasteiger partial charge in [-0.3, -0.25) is 9.59 Å². The molecule has 0 radical (unpaired) electrons. The second-order valence-corrected chi connectivity index (χ2v) is 9.10. The average molecular weight is 441 g/mol. The number of carbonyl (C=O) groups excluding carboxylic acids is 1. The minimum Gasteiger partial charge on any atom is -0.497 e. The van der Waals surface area contributed by atoms with Gasteiger partial charge in [0.25, 0.3) is 5.56 Å². The van der Waals surface area contributed by atoms with Crippen LogP contribution in [0.1, 0.15) is 29.1 Å². The Bertz CT molecular complexity index is 1140. The van der Waals surface area contributed by atoms with Gasteiger partial charge in [0.15, 0.2) is 0 Å². The number of hydrogen-bond donors (Lipinski definition) is 1. The number of H-pyrrole nitrogens is 1. The number of benzene rings is 1. The maximum Gasteiger partial charge on any atom is 0.259 e. The second kappa shape index (κ2) is 9.09. The van der Waals surface area contributed by atoms with Gasteiger partial charge in [0.1, 0.15) is 16.4 Å². The van der Waals surface area contributed by atoms with E-state index in [1.807, 2.05) is 30.9 Å². The Kier molecular flexibility index (Phi) is 6.27. The number of aromatic amines is 1. The lowest BCUT2D eigenvalue weighted by Crippen LogP contribution is -2.35. The van der Waals surface area contributed by atoms with Crippen molar-refractivity contribution >= 4 is 33.1 Å². The molecule has 7 nitrogen and oxygen atoms in total. The van der Waals surface area contributed by atoms with E-state index in [4.69, 9.17) is 4.74 Å². The van der Waals surface area contributed by atoms with Crippen LogP contribution in [-0.2, 0) is 11.2 Å². The average Bonchev–Trinajstić information content (AvgIpc) is 2.94. The third kappa shape index (κ3) is 4.58. The molecule has 0 saturated carbocycles. The molecular formula is C23H28N4O3S. The van der Waals surface area contributed by atoms with Crippen molar-refractivity contribution in [3.8, 4) is 5.75 Å². The standard InChI is InChI=1S/C23H28N4O3S/c1-15-16(2)31-23-21(15)22(29)24-19(25-23)9-10-20(28)27-12-4-11-26(13-14-27)17-5-7-18(30-3)8-6-17/h5-8H,4,9-14H2,1-3H3,(H,24,25,29). The van der Waals surface area contributed by atoms with Crippen LogP contribution in [0, 0.1) is 13.8 Å². The largest absolute Gasteiger partial charge is 0.497 e. The van der Waals surface area contributed by atoms with Crippen LogP contribution in [-0.4, -0.2) is 54.1 Å². The van der Waals surface area contributed by atoms with Crippen molar-refractivity contribution in [2.45, 2.75) is 33.1 Å². The van der Waals surface area contributed by atoms with Crippen molar-refractivity contribution in [2.24, 2.45) is 0 Å². The Morgan fingerprint density at radius 3 is 2.68 bits per heavy atom. The van der Waals surface area contributed by atoms with Gasteiger partial charge in [-0.1, -0.05) is 0 Å². The van der Waals surface area contributed by atoms with Crippen molar-refractivity contribution in [3.05, 3.63) is 50.9 Å². The molecule has 0 aliphatic carbocycles. The number of rotatable bonds is 5. The van der Waals surface area contributed by atoms with Crippen LogP contribution in [0.4, 0.5) is 5.69 Å². The smallest absolute Gasteiger partial charge is 0.259 e. The fraction of sp³-hybridized carbons (Fsp3) is 0.435. The first-order chi connectivity index (χ1) is 15.0. The number of fused-ring (bicyclic) bond motifs is 1. The molecule has 1 aliphatic heterocycles. The number of nitrogens with zero attached hydrogens (tertiary/aromatic N) is 3. The van der Waals surface area contributed by atoms with Crippen LogP contribution in [0.25, 0.3) is 10.2 Å². The number of nitrogens with one attached hydrogen (secondary N) is 1. The van der Waals surface area contributed by atoms with E-state index in [-0.39, 0.29) is 11.5 Å². The van der Waals surface area contributed by atoms with Crippen molar-refractivity contribution < 1.29 is 9.53 Å². The quantitative estimate of drug-likeness (QED) is 0.659. The summed E-state index contributed by atoms with van der Waals surface area (Å²) in [4.78, 5) is 38.8. The number of ether oxygens (including phenoxy) is 1. The van der Waals surface area contributed by atoms with Gasteiger partial charge < -0.3 is 19.5 Å². The predicted octanol–water partition coefficient (Wildman–Crippen LogP) is 3.28. The first-order valence-corrected chi connectivity index (χ1v) is 11.4. The molecule has 4 rings (SSSR count). The number of aromatic nitrogens is 2. The summed E-state index contributed by atoms with van der Waals surface area (Å²) in [6.45, 7) is 7.10. The lowest BCUT2D eigenvalue weighted by Gasteiger charge is -2.24. The summed E-state index contributed by atoms with van der Waals surface area (Å²) >= 11 is 1.53. The van der Waals surface area contributed by atoms with Crippen molar-refractivity contribution in [1.29, 1.82) is 0 Å². The Morgan fingerprint density at radius 2 is 1.94 bits per heavy atom. The molecular weight excluding hydrogens is 412 g/mol. The van der Waals surface area contributed by atoms with E-state index < -0.39 is 0 Å². The predicted molar refractivity (Wildman–Crippen MR) is 124 cm³/mol. The summed E-state index contributed by atoms with van der Waals surface area (Å²) < 4.78 is 5.23. The summed E-state index contributed by atoms with van der Waals surface area (Å²) in [5.41, 5.74) is 2.02. The molecule has 0 atom stereocenters. The maximum absolute atomic E-state index is 12.8. The molecule has 31 heavy (non-hydrogen) atoms. The molecule has 1 N–H and O–H groups in total. The van der Waals surface area contributed by atoms with Gasteiger partial charge in [-0.05, 0) is 50.1 Å². The van der Waals surface area contributed by atoms with Gasteiger partial charge in [-0.25, -0.2) is 4.98 Å². The first kappa shape index (κ1) is 21.4. The number of amides is 1. The zero-order valence-electron chi connectivity index (χ0n) is 18.2. The van der Waals surface area contributed by atoms with E-state index in [0.29, 0.717) is 30.6 Å². The Morgan fingerprint density at radius 1 is 1.16 bits per heavy atom. The van der Waals surface area contributed by atoms with Gasteiger partial charge in [0.05, 0.1) is 12.5 Å². The van der Waals surface area contributed by atoms with Gasteiger partial charge in [-0.15, -0.1) is 11.3 Å². The number of anilines is 1. The Labute approximate surface area is 185 Å². The zero-order chi connectivity index (χ0) is 22.0. The van der Waals surface area contributed by atoms with Crippen LogP contribution >= 0.6 is 11.3 Å². The van der Waals surface area contributed by atoms with Gasteiger partial charge >= 0.3 is 0 Å². The third-order valence-electron chi connectivity index (χ3n) is 5.95. The highest BCUT2D eigenvalue weighted by Gasteiger charge is 2.20. The molecule has 3 heterocycles. The molecule has 2 aromatic heterocycles. The molecule has 0 unspecified atom stereocenters. The van der Waals surface area contributed by atoms with E-state index in [0.717, 1.165) is 52.8 Å². The summed E-state index contributed by atoms with van der Waals surface area (Å²) in [7, 11) is 1.66. The highest BCUT2D eigenvalue weighted by Crippen LogP contribution is 2.26. The van der Waals surface area contributed by atoms with Crippen molar-refractivity contribution in [3.63, 3.8) is 0 Å². The molecule has 8 heteroatoms. The van der Waals surface area contributed by atoms with Crippen LogP contribution < -0.4 is 15.2 Å². The summed E-state index contributed by atoms with van der Waals surface area (Å²) in [6.07, 6.45) is 1.71. The lowest BCUT2D eigenvalue weighted by atomic mass is 10.2. The third-order valence-corrected chi connectivity index (χ3v) is 7.05. The number of thiophene rings is 1. The van der Waals surface area contributed by atoms with Crippen LogP contribution in [0.5, 0.6) is 5.75 Å². The van der Waals surface area contributed by atoms with Crippen LogP contribution in [0.15, 0.2) is 29.1 Å². The minimum absolute atomic E-state index is 0.109. The number of methoxy groups -OCH3 is 1. The summed E-state index contributed by atoms with van der Waals surface area (Å²) in [5.74, 6) is 1.53. The number of aryl methyl sites for hydroxylation is 3. The topological polar surface area (TPSA) is 78.5 Å². The molecule has 0 bridgehead atoms. The van der Waals surface area contributed by atoms with E-state index >= 15 is 0 Å². The fourth-order valence-corrected chi connectivity index (χ4v) is 5.07. The SMILES string of the molecule is COc1ccc(N2CCCN(C(=O)CCc3nc4sc(C)c(C)c4c(=O)[nH]3)CC2)cc1. The molecule has 3 aromatic rings. The van der Waals surface area contributed by atoms with Crippen LogP contribution in [0.2, 0.25) is 0 Å². The molecule has 1 amide bonds. The van der Waals surface area contributed by atoms with E-state index in [2.05, 4.69) is 27.0 Å². The number of carbonyl (C=O) groups is 1. The van der Waals surface area contributed by atoms with Gasteiger partial charge in [-0.2, -0.15) is 0 Å². The summed E-state index contributed by atoms with van der Waals surface area (Å²) in [6, 6.07) is 8.04. The monoisotopic (exact) mass is 440 g/mol. The van der Waals surface area contributed by atoms with E-state index in [1.165, 1.54) is 11.3 Å². The Balaban J connectivity index is 1.37. The normalized spacial score (nSPS) is 14.7. The van der Waals surface area contributed by atoms with E-state index in [1.54, 1.807) is 7.11 Å². The molecule has 1 aromatic carbocycles. The maximum atomic E-state index is 12.8.